The van der Waals surface area contributed by atoms with Crippen molar-refractivity contribution >= 4 is 17.7 Å². The van der Waals surface area contributed by atoms with Gasteiger partial charge < -0.3 is 19.5 Å². The van der Waals surface area contributed by atoms with Gasteiger partial charge in [0.25, 0.3) is 5.91 Å². The number of ether oxygens (including phenoxy) is 3. The molecule has 1 N–H and O–H groups in total. The van der Waals surface area contributed by atoms with E-state index in [1.54, 1.807) is 26.0 Å². The lowest BCUT2D eigenvalue weighted by Gasteiger charge is -2.13. The molecule has 1 amide bonds. The summed E-state index contributed by atoms with van der Waals surface area (Å²) >= 11 is 1.73. The van der Waals surface area contributed by atoms with Crippen molar-refractivity contribution in [1.82, 2.24) is 5.32 Å². The maximum absolute atomic E-state index is 12.8. The van der Waals surface area contributed by atoms with Crippen LogP contribution in [0, 0.1) is 6.92 Å². The van der Waals surface area contributed by atoms with E-state index in [9.17, 15) is 4.79 Å². The summed E-state index contributed by atoms with van der Waals surface area (Å²) in [5.41, 5.74) is 3.94. The van der Waals surface area contributed by atoms with Gasteiger partial charge in [-0.1, -0.05) is 23.8 Å². The molecular formula is C27H31NO4S. The summed E-state index contributed by atoms with van der Waals surface area (Å²) in [6, 6.07) is 19.9. The highest BCUT2D eigenvalue weighted by Gasteiger charge is 2.12. The van der Waals surface area contributed by atoms with Gasteiger partial charge in [-0.15, -0.1) is 11.8 Å². The van der Waals surface area contributed by atoms with Crippen LogP contribution in [0.2, 0.25) is 0 Å². The summed E-state index contributed by atoms with van der Waals surface area (Å²) < 4.78 is 16.4. The third-order valence-electron chi connectivity index (χ3n) is 5.19. The Bertz CT molecular complexity index is 1070. The topological polar surface area (TPSA) is 56.8 Å². The fourth-order valence-electron chi connectivity index (χ4n) is 3.38. The second-order valence-electron chi connectivity index (χ2n) is 7.55. The van der Waals surface area contributed by atoms with Crippen LogP contribution in [0.5, 0.6) is 17.2 Å². The highest BCUT2D eigenvalue weighted by atomic mass is 32.2. The number of thioether (sulfide) groups is 1. The highest BCUT2D eigenvalue weighted by Crippen LogP contribution is 2.30. The van der Waals surface area contributed by atoms with E-state index in [2.05, 4.69) is 36.5 Å². The van der Waals surface area contributed by atoms with Crippen molar-refractivity contribution in [2.75, 3.05) is 27.4 Å². The molecule has 0 atom stereocenters. The third kappa shape index (κ3) is 6.93. The quantitative estimate of drug-likeness (QED) is 0.370. The molecule has 0 saturated carbocycles. The zero-order valence-electron chi connectivity index (χ0n) is 19.6. The number of hydrogen-bond donors (Lipinski definition) is 1. The average Bonchev–Trinajstić information content (AvgIpc) is 2.84. The van der Waals surface area contributed by atoms with Gasteiger partial charge in [-0.3, -0.25) is 4.79 Å². The molecule has 0 unspecified atom stereocenters. The van der Waals surface area contributed by atoms with E-state index in [1.165, 1.54) is 10.5 Å². The Morgan fingerprint density at radius 1 is 0.909 bits per heavy atom. The molecule has 0 fully saturated rings. The van der Waals surface area contributed by atoms with E-state index >= 15 is 0 Å². The summed E-state index contributed by atoms with van der Waals surface area (Å²) in [5.74, 6) is 2.82. The maximum Gasteiger partial charge on any atom is 0.251 e. The summed E-state index contributed by atoms with van der Waals surface area (Å²) in [7, 11) is 3.23. The van der Waals surface area contributed by atoms with Crippen molar-refractivity contribution in [2.24, 2.45) is 0 Å². The molecular weight excluding hydrogens is 434 g/mol. The second-order valence-corrected chi connectivity index (χ2v) is 8.60. The minimum atomic E-state index is -0.0971. The van der Waals surface area contributed by atoms with E-state index in [0.717, 1.165) is 22.6 Å². The van der Waals surface area contributed by atoms with Crippen molar-refractivity contribution in [2.45, 2.75) is 30.9 Å². The van der Waals surface area contributed by atoms with Gasteiger partial charge in [0, 0.05) is 28.3 Å². The number of rotatable bonds is 11. The van der Waals surface area contributed by atoms with Gasteiger partial charge in [-0.25, -0.2) is 0 Å². The number of benzene rings is 3. The minimum absolute atomic E-state index is 0.0971. The zero-order valence-corrected chi connectivity index (χ0v) is 20.5. The van der Waals surface area contributed by atoms with Crippen LogP contribution in [0.1, 0.15) is 34.0 Å². The molecule has 0 aliphatic carbocycles. The highest BCUT2D eigenvalue weighted by molar-refractivity contribution is 7.98. The largest absolute Gasteiger partial charge is 0.494 e. The Morgan fingerprint density at radius 2 is 1.64 bits per heavy atom. The molecule has 0 bridgehead atoms. The number of nitrogens with one attached hydrogen (secondary N) is 1. The van der Waals surface area contributed by atoms with Crippen LogP contribution in [-0.2, 0) is 12.2 Å². The monoisotopic (exact) mass is 465 g/mol. The lowest BCUT2D eigenvalue weighted by atomic mass is 10.1. The fraction of sp³-hybridized carbons (Fsp3) is 0.296. The first-order valence-electron chi connectivity index (χ1n) is 11.0. The summed E-state index contributed by atoms with van der Waals surface area (Å²) in [5, 5.41) is 3.01. The zero-order chi connectivity index (χ0) is 23.6. The molecule has 174 valence electrons. The summed E-state index contributed by atoms with van der Waals surface area (Å²) in [6.45, 7) is 5.15. The lowest BCUT2D eigenvalue weighted by molar-refractivity contribution is 0.0954. The van der Waals surface area contributed by atoms with Crippen LogP contribution in [0.15, 0.2) is 65.6 Å². The molecule has 6 heteroatoms. The maximum atomic E-state index is 12.8. The van der Waals surface area contributed by atoms with Crippen LogP contribution in [-0.4, -0.2) is 33.3 Å². The number of carbonyl (C=O) groups is 1. The van der Waals surface area contributed by atoms with Crippen molar-refractivity contribution in [3.8, 4) is 17.2 Å². The third-order valence-corrected chi connectivity index (χ3v) is 6.25. The molecule has 3 aromatic rings. The Labute approximate surface area is 200 Å². The summed E-state index contributed by atoms with van der Waals surface area (Å²) in [4.78, 5) is 14.0. The van der Waals surface area contributed by atoms with Gasteiger partial charge in [-0.2, -0.15) is 0 Å². The SMILES string of the molecule is CCOc1ccc(C(=O)NCCc2ccc(OC)c(OC)c2)cc1CSc1ccc(C)cc1. The molecule has 0 aliphatic rings. The molecule has 0 radical (unpaired) electrons. The molecule has 0 aliphatic heterocycles. The van der Waals surface area contributed by atoms with Crippen molar-refractivity contribution < 1.29 is 19.0 Å². The number of methoxy groups -OCH3 is 2. The number of amides is 1. The van der Waals surface area contributed by atoms with E-state index in [0.29, 0.717) is 36.6 Å². The van der Waals surface area contributed by atoms with Crippen LogP contribution < -0.4 is 19.5 Å². The van der Waals surface area contributed by atoms with Crippen molar-refractivity contribution in [1.29, 1.82) is 0 Å². The molecule has 3 rings (SSSR count). The van der Waals surface area contributed by atoms with Crippen molar-refractivity contribution in [3.63, 3.8) is 0 Å². The predicted octanol–water partition coefficient (Wildman–Crippen LogP) is 5.68. The fourth-order valence-corrected chi connectivity index (χ4v) is 4.26. The van der Waals surface area contributed by atoms with Gasteiger partial charge >= 0.3 is 0 Å². The molecule has 0 heterocycles. The first-order chi connectivity index (χ1) is 16.0. The van der Waals surface area contributed by atoms with Crippen LogP contribution >= 0.6 is 11.8 Å². The second kappa shape index (κ2) is 12.2. The normalized spacial score (nSPS) is 10.5. The van der Waals surface area contributed by atoms with Gasteiger partial charge in [0.15, 0.2) is 11.5 Å². The minimum Gasteiger partial charge on any atom is -0.494 e. The Hall–Kier alpha value is -3.12. The first kappa shape index (κ1) is 24.5. The predicted molar refractivity (Wildman–Crippen MR) is 134 cm³/mol. The van der Waals surface area contributed by atoms with Gasteiger partial charge in [0.2, 0.25) is 0 Å². The van der Waals surface area contributed by atoms with E-state index < -0.39 is 0 Å². The number of hydrogen-bond acceptors (Lipinski definition) is 5. The van der Waals surface area contributed by atoms with Gasteiger partial charge in [0.05, 0.1) is 20.8 Å². The Kier molecular flexibility index (Phi) is 9.07. The average molecular weight is 466 g/mol. The molecule has 3 aromatic carbocycles. The van der Waals surface area contributed by atoms with Crippen LogP contribution in [0.25, 0.3) is 0 Å². The molecule has 0 saturated heterocycles. The van der Waals surface area contributed by atoms with Crippen molar-refractivity contribution in [3.05, 3.63) is 82.9 Å². The Balaban J connectivity index is 1.63. The molecule has 0 aromatic heterocycles. The summed E-state index contributed by atoms with van der Waals surface area (Å²) in [6.07, 6.45) is 0.694. The molecule has 33 heavy (non-hydrogen) atoms. The van der Waals surface area contributed by atoms with Crippen LogP contribution in [0.3, 0.4) is 0 Å². The van der Waals surface area contributed by atoms with E-state index in [1.807, 2.05) is 43.3 Å². The van der Waals surface area contributed by atoms with Crippen LogP contribution in [0.4, 0.5) is 0 Å². The Morgan fingerprint density at radius 3 is 2.33 bits per heavy atom. The standard InChI is InChI=1S/C27H31NO4S/c1-5-32-24-13-9-21(17-22(24)18-33-23-10-6-19(2)7-11-23)27(29)28-15-14-20-8-12-25(30-3)26(16-20)31-4/h6-13,16-17H,5,14-15,18H2,1-4H3,(H,28,29). The molecule has 0 spiro atoms. The lowest BCUT2D eigenvalue weighted by Crippen LogP contribution is -2.25. The smallest absolute Gasteiger partial charge is 0.251 e. The van der Waals surface area contributed by atoms with E-state index in [4.69, 9.17) is 14.2 Å². The van der Waals surface area contributed by atoms with E-state index in [-0.39, 0.29) is 5.91 Å². The molecule has 5 nitrogen and oxygen atoms in total. The van der Waals surface area contributed by atoms with Gasteiger partial charge in [-0.05, 0) is 68.3 Å². The number of aryl methyl sites for hydroxylation is 1. The first-order valence-corrected chi connectivity index (χ1v) is 12.0. The number of carbonyl (C=O) groups excluding carboxylic acids is 1. The van der Waals surface area contributed by atoms with Gasteiger partial charge in [0.1, 0.15) is 5.75 Å².